The van der Waals surface area contributed by atoms with Gasteiger partial charge < -0.3 is 26.0 Å². The van der Waals surface area contributed by atoms with Crippen LogP contribution in [0.5, 0.6) is 0 Å². The minimum absolute atomic E-state index is 0.145. The number of nitrogens with zero attached hydrogens (tertiary/aromatic N) is 2. The third kappa shape index (κ3) is 3.49. The van der Waals surface area contributed by atoms with Crippen LogP contribution < -0.4 is 16.4 Å². The van der Waals surface area contributed by atoms with Crippen molar-refractivity contribution in [2.75, 3.05) is 13.1 Å². The number of aliphatic hydroxyl groups is 1. The summed E-state index contributed by atoms with van der Waals surface area (Å²) in [5.41, 5.74) is 4.31. The van der Waals surface area contributed by atoms with Gasteiger partial charge in [-0.1, -0.05) is 0 Å². The van der Waals surface area contributed by atoms with Gasteiger partial charge in [-0.25, -0.2) is 4.98 Å². The van der Waals surface area contributed by atoms with Gasteiger partial charge >= 0.3 is 0 Å². The highest BCUT2D eigenvalue weighted by molar-refractivity contribution is 5.94. The minimum atomic E-state index is -1.65. The number of H-pyrrole nitrogens is 1. The number of aromatic nitrogens is 2. The van der Waals surface area contributed by atoms with Crippen molar-refractivity contribution in [3.63, 3.8) is 0 Å². The number of hydrogen-bond acceptors (Lipinski definition) is 6. The van der Waals surface area contributed by atoms with Gasteiger partial charge in [0.25, 0.3) is 5.91 Å². The number of carbonyl (C=O) groups excluding carboxylic acids is 3. The second kappa shape index (κ2) is 6.81. The maximum atomic E-state index is 12.9. The Labute approximate surface area is 144 Å². The molecule has 0 saturated carbocycles. The topological polar surface area (TPSA) is 153 Å². The summed E-state index contributed by atoms with van der Waals surface area (Å²) in [4.78, 5) is 45.1. The van der Waals surface area contributed by atoms with E-state index in [1.807, 2.05) is 0 Å². The first-order valence-electron chi connectivity index (χ1n) is 8.26. The predicted molar refractivity (Wildman–Crippen MR) is 85.7 cm³/mol. The third-order valence-electron chi connectivity index (χ3n) is 4.72. The van der Waals surface area contributed by atoms with Crippen molar-refractivity contribution in [2.45, 2.75) is 43.5 Å². The summed E-state index contributed by atoms with van der Waals surface area (Å²) in [5, 5.41) is 15.3. The number of imidazole rings is 1. The van der Waals surface area contributed by atoms with Gasteiger partial charge in [-0.15, -0.1) is 0 Å². The number of carbonyl (C=O) groups is 3. The SMILES string of the molecule is NC(=O)[C@@H]1CCCN1C(=O)[C@H](Cc1c[nH]cn1)NC(=O)[C@@]1(O)CCN1. The van der Waals surface area contributed by atoms with E-state index in [0.717, 1.165) is 0 Å². The summed E-state index contributed by atoms with van der Waals surface area (Å²) >= 11 is 0. The van der Waals surface area contributed by atoms with Gasteiger partial charge in [-0.2, -0.15) is 0 Å². The molecule has 0 radical (unpaired) electrons. The molecule has 6 N–H and O–H groups in total. The quantitative estimate of drug-likeness (QED) is 0.385. The second-order valence-corrected chi connectivity index (χ2v) is 6.42. The van der Waals surface area contributed by atoms with Crippen LogP contribution in [0.15, 0.2) is 12.5 Å². The Morgan fingerprint density at radius 3 is 2.84 bits per heavy atom. The van der Waals surface area contributed by atoms with Crippen LogP contribution in [0.25, 0.3) is 0 Å². The van der Waals surface area contributed by atoms with Gasteiger partial charge in [0.05, 0.1) is 12.0 Å². The van der Waals surface area contributed by atoms with E-state index in [2.05, 4.69) is 20.6 Å². The fourth-order valence-electron chi connectivity index (χ4n) is 3.17. The maximum Gasteiger partial charge on any atom is 0.268 e. The predicted octanol–water partition coefficient (Wildman–Crippen LogP) is -2.40. The Kier molecular flexibility index (Phi) is 4.73. The molecule has 3 heterocycles. The molecule has 10 heteroatoms. The summed E-state index contributed by atoms with van der Waals surface area (Å²) in [6, 6.07) is -1.61. The van der Waals surface area contributed by atoms with Gasteiger partial charge in [0.1, 0.15) is 12.1 Å². The van der Waals surface area contributed by atoms with E-state index in [1.54, 1.807) is 6.20 Å². The van der Waals surface area contributed by atoms with Crippen LogP contribution in [0.4, 0.5) is 0 Å². The smallest absolute Gasteiger partial charge is 0.268 e. The van der Waals surface area contributed by atoms with Gasteiger partial charge in [-0.3, -0.25) is 19.7 Å². The first-order valence-corrected chi connectivity index (χ1v) is 8.26. The van der Waals surface area contributed by atoms with Gasteiger partial charge in [0, 0.05) is 32.1 Å². The van der Waals surface area contributed by atoms with Crippen molar-refractivity contribution < 1.29 is 19.5 Å². The zero-order chi connectivity index (χ0) is 18.0. The molecule has 2 aliphatic heterocycles. The molecule has 3 amide bonds. The van der Waals surface area contributed by atoms with Gasteiger partial charge in [0.15, 0.2) is 5.72 Å². The number of hydrogen-bond donors (Lipinski definition) is 5. The van der Waals surface area contributed by atoms with Crippen LogP contribution in [-0.2, 0) is 20.8 Å². The lowest BCUT2D eigenvalue weighted by atomic mass is 10.00. The average Bonchev–Trinajstić information content (AvgIpc) is 3.22. The zero-order valence-corrected chi connectivity index (χ0v) is 13.7. The Balaban J connectivity index is 1.76. The minimum Gasteiger partial charge on any atom is -0.368 e. The second-order valence-electron chi connectivity index (χ2n) is 6.42. The summed E-state index contributed by atoms with van der Waals surface area (Å²) in [6.07, 6.45) is 4.70. The lowest BCUT2D eigenvalue weighted by Crippen LogP contribution is -2.68. The number of nitrogens with two attached hydrogens (primary N) is 1. The van der Waals surface area contributed by atoms with E-state index in [4.69, 9.17) is 5.73 Å². The molecule has 3 rings (SSSR count). The highest BCUT2D eigenvalue weighted by atomic mass is 16.3. The number of amides is 3. The summed E-state index contributed by atoms with van der Waals surface area (Å²) < 4.78 is 0. The molecule has 1 aromatic heterocycles. The van der Waals surface area contributed by atoms with Crippen LogP contribution in [0.2, 0.25) is 0 Å². The van der Waals surface area contributed by atoms with E-state index < -0.39 is 35.5 Å². The third-order valence-corrected chi connectivity index (χ3v) is 4.72. The average molecular weight is 350 g/mol. The Morgan fingerprint density at radius 2 is 2.28 bits per heavy atom. The zero-order valence-electron chi connectivity index (χ0n) is 13.7. The first-order chi connectivity index (χ1) is 11.9. The van der Waals surface area contributed by atoms with E-state index in [1.165, 1.54) is 11.2 Å². The van der Waals surface area contributed by atoms with E-state index >= 15 is 0 Å². The molecule has 10 nitrogen and oxygen atoms in total. The van der Waals surface area contributed by atoms with Crippen LogP contribution in [-0.4, -0.2) is 68.6 Å². The summed E-state index contributed by atoms with van der Waals surface area (Å²) in [6.45, 7) is 0.930. The van der Waals surface area contributed by atoms with Crippen LogP contribution >= 0.6 is 0 Å². The van der Waals surface area contributed by atoms with Crippen molar-refractivity contribution in [3.8, 4) is 0 Å². The molecule has 0 aromatic carbocycles. The molecule has 1 aromatic rings. The Bertz CT molecular complexity index is 657. The Hall–Kier alpha value is -2.46. The van der Waals surface area contributed by atoms with Crippen molar-refractivity contribution in [1.82, 2.24) is 25.5 Å². The number of primary amides is 1. The van der Waals surface area contributed by atoms with E-state index in [9.17, 15) is 19.5 Å². The van der Waals surface area contributed by atoms with Gasteiger partial charge in [-0.05, 0) is 12.8 Å². The molecule has 25 heavy (non-hydrogen) atoms. The molecule has 136 valence electrons. The maximum absolute atomic E-state index is 12.9. The number of nitrogens with one attached hydrogen (secondary N) is 3. The van der Waals surface area contributed by atoms with Crippen molar-refractivity contribution in [1.29, 1.82) is 0 Å². The molecule has 2 aliphatic rings. The first kappa shape index (κ1) is 17.4. The molecule has 0 bridgehead atoms. The fraction of sp³-hybridized carbons (Fsp3) is 0.600. The molecule has 0 spiro atoms. The van der Waals surface area contributed by atoms with Crippen molar-refractivity contribution >= 4 is 17.7 Å². The molecule has 3 atom stereocenters. The molecule has 2 saturated heterocycles. The largest absolute Gasteiger partial charge is 0.368 e. The highest BCUT2D eigenvalue weighted by Crippen LogP contribution is 2.20. The number of likely N-dealkylation sites (tertiary alicyclic amines) is 1. The summed E-state index contributed by atoms with van der Waals surface area (Å²) in [5.74, 6) is -1.63. The number of rotatable bonds is 6. The fourth-order valence-corrected chi connectivity index (χ4v) is 3.17. The standard InChI is InChI=1S/C15H22N6O4/c16-12(22)11-2-1-5-21(11)13(23)10(6-9-7-17-8-18-9)20-14(24)15(25)3-4-19-15/h7-8,10-11,19,25H,1-6H2,(H2,16,22)(H,17,18)(H,20,24)/t10-,11-,15-/m0/s1. The van der Waals surface area contributed by atoms with Crippen LogP contribution in [0, 0.1) is 0 Å². The van der Waals surface area contributed by atoms with Crippen LogP contribution in [0.3, 0.4) is 0 Å². The summed E-state index contributed by atoms with van der Waals surface area (Å²) in [7, 11) is 0. The van der Waals surface area contributed by atoms with Crippen molar-refractivity contribution in [2.24, 2.45) is 5.73 Å². The van der Waals surface area contributed by atoms with E-state index in [0.29, 0.717) is 31.6 Å². The lowest BCUT2D eigenvalue weighted by molar-refractivity contribution is -0.155. The van der Waals surface area contributed by atoms with Gasteiger partial charge in [0.2, 0.25) is 11.8 Å². The van der Waals surface area contributed by atoms with Crippen molar-refractivity contribution in [3.05, 3.63) is 18.2 Å². The number of aromatic amines is 1. The lowest BCUT2D eigenvalue weighted by Gasteiger charge is -2.37. The molecule has 2 fully saturated rings. The normalized spacial score (nSPS) is 26.8. The monoisotopic (exact) mass is 350 g/mol. The highest BCUT2D eigenvalue weighted by Gasteiger charge is 2.44. The molecular weight excluding hydrogens is 328 g/mol. The van der Waals surface area contributed by atoms with E-state index in [-0.39, 0.29) is 12.8 Å². The Morgan fingerprint density at radius 1 is 1.52 bits per heavy atom. The molecule has 0 unspecified atom stereocenters. The molecule has 0 aliphatic carbocycles. The van der Waals surface area contributed by atoms with Crippen LogP contribution in [0.1, 0.15) is 25.0 Å². The molecular formula is C15H22N6O4.